The molecule has 2 heterocycles. The zero-order chi connectivity index (χ0) is 11.4. The molecule has 2 atom stereocenters. The number of rotatable bonds is 4. The SMILES string of the molecule is CCCC(O)CN1CCCN2CCCC2C1. The molecule has 94 valence electrons. The summed E-state index contributed by atoms with van der Waals surface area (Å²) in [7, 11) is 0. The van der Waals surface area contributed by atoms with E-state index in [1.165, 1.54) is 45.4 Å². The molecule has 0 saturated carbocycles. The summed E-state index contributed by atoms with van der Waals surface area (Å²) >= 11 is 0. The Kier molecular flexibility index (Phi) is 4.62. The molecule has 3 nitrogen and oxygen atoms in total. The second-order valence-electron chi connectivity index (χ2n) is 5.39. The van der Waals surface area contributed by atoms with Gasteiger partial charge in [-0.05, 0) is 45.3 Å². The molecule has 2 saturated heterocycles. The highest BCUT2D eigenvalue weighted by molar-refractivity contribution is 4.85. The second-order valence-corrected chi connectivity index (χ2v) is 5.39. The molecule has 16 heavy (non-hydrogen) atoms. The van der Waals surface area contributed by atoms with Crippen molar-refractivity contribution in [1.29, 1.82) is 0 Å². The van der Waals surface area contributed by atoms with E-state index in [2.05, 4.69) is 16.7 Å². The molecule has 0 aromatic heterocycles. The second kappa shape index (κ2) is 5.99. The lowest BCUT2D eigenvalue weighted by Crippen LogP contribution is -2.39. The lowest BCUT2D eigenvalue weighted by molar-refractivity contribution is 0.100. The van der Waals surface area contributed by atoms with Gasteiger partial charge in [-0.3, -0.25) is 9.80 Å². The van der Waals surface area contributed by atoms with Crippen LogP contribution in [0.2, 0.25) is 0 Å². The van der Waals surface area contributed by atoms with Gasteiger partial charge in [-0.25, -0.2) is 0 Å². The van der Waals surface area contributed by atoms with Crippen LogP contribution in [0.25, 0.3) is 0 Å². The van der Waals surface area contributed by atoms with Gasteiger partial charge in [0.1, 0.15) is 0 Å². The van der Waals surface area contributed by atoms with Crippen LogP contribution in [0.15, 0.2) is 0 Å². The molecule has 0 aromatic carbocycles. The average molecular weight is 226 g/mol. The standard InChI is InChI=1S/C13H26N2O/c1-2-5-13(16)11-14-7-4-9-15-8-3-6-12(15)10-14/h12-13,16H,2-11H2,1H3. The molecule has 0 spiro atoms. The van der Waals surface area contributed by atoms with Gasteiger partial charge < -0.3 is 5.11 Å². The summed E-state index contributed by atoms with van der Waals surface area (Å²) in [5.74, 6) is 0. The van der Waals surface area contributed by atoms with E-state index in [-0.39, 0.29) is 6.10 Å². The maximum absolute atomic E-state index is 9.88. The van der Waals surface area contributed by atoms with Gasteiger partial charge in [-0.15, -0.1) is 0 Å². The number of aliphatic hydroxyl groups excluding tert-OH is 1. The summed E-state index contributed by atoms with van der Waals surface area (Å²) in [5, 5.41) is 9.88. The molecule has 0 aliphatic carbocycles. The van der Waals surface area contributed by atoms with E-state index in [9.17, 15) is 5.11 Å². The molecule has 2 rings (SSSR count). The number of aliphatic hydroxyl groups is 1. The topological polar surface area (TPSA) is 26.7 Å². The quantitative estimate of drug-likeness (QED) is 0.783. The number of hydrogen-bond donors (Lipinski definition) is 1. The molecule has 0 aromatic rings. The van der Waals surface area contributed by atoms with Crippen molar-refractivity contribution in [3.63, 3.8) is 0 Å². The van der Waals surface area contributed by atoms with Crippen molar-refractivity contribution in [3.05, 3.63) is 0 Å². The molecule has 0 amide bonds. The van der Waals surface area contributed by atoms with Gasteiger partial charge in [0, 0.05) is 19.1 Å². The minimum Gasteiger partial charge on any atom is -0.392 e. The average Bonchev–Trinajstić information content (AvgIpc) is 2.58. The van der Waals surface area contributed by atoms with Crippen LogP contribution in [0.1, 0.15) is 39.0 Å². The molecule has 0 radical (unpaired) electrons. The summed E-state index contributed by atoms with van der Waals surface area (Å²) in [6.07, 6.45) is 5.93. The Balaban J connectivity index is 1.81. The lowest BCUT2D eigenvalue weighted by Gasteiger charge is -2.27. The van der Waals surface area contributed by atoms with Gasteiger partial charge in [0.15, 0.2) is 0 Å². The van der Waals surface area contributed by atoms with Crippen molar-refractivity contribution < 1.29 is 5.11 Å². The van der Waals surface area contributed by atoms with Gasteiger partial charge in [-0.2, -0.15) is 0 Å². The Hall–Kier alpha value is -0.120. The molecule has 3 heteroatoms. The maximum Gasteiger partial charge on any atom is 0.0667 e. The van der Waals surface area contributed by atoms with Gasteiger partial charge in [0.05, 0.1) is 6.10 Å². The summed E-state index contributed by atoms with van der Waals surface area (Å²) in [5.41, 5.74) is 0. The Bertz CT molecular complexity index is 210. The third-order valence-corrected chi connectivity index (χ3v) is 3.98. The van der Waals surface area contributed by atoms with E-state index < -0.39 is 0 Å². The fourth-order valence-corrected chi connectivity index (χ4v) is 3.17. The van der Waals surface area contributed by atoms with Gasteiger partial charge >= 0.3 is 0 Å². The monoisotopic (exact) mass is 226 g/mol. The highest BCUT2D eigenvalue weighted by Gasteiger charge is 2.28. The van der Waals surface area contributed by atoms with Crippen LogP contribution < -0.4 is 0 Å². The van der Waals surface area contributed by atoms with E-state index in [1.807, 2.05) is 0 Å². The van der Waals surface area contributed by atoms with Crippen molar-refractivity contribution in [2.45, 2.75) is 51.2 Å². The van der Waals surface area contributed by atoms with Crippen LogP contribution >= 0.6 is 0 Å². The molecule has 1 N–H and O–H groups in total. The summed E-state index contributed by atoms with van der Waals surface area (Å²) in [6.45, 7) is 7.96. The zero-order valence-corrected chi connectivity index (χ0v) is 10.6. The van der Waals surface area contributed by atoms with Gasteiger partial charge in [0.2, 0.25) is 0 Å². The van der Waals surface area contributed by atoms with Crippen LogP contribution in [0.3, 0.4) is 0 Å². The van der Waals surface area contributed by atoms with E-state index in [0.29, 0.717) is 0 Å². The van der Waals surface area contributed by atoms with Crippen molar-refractivity contribution in [2.75, 3.05) is 32.7 Å². The Morgan fingerprint density at radius 2 is 2.06 bits per heavy atom. The molecule has 2 fully saturated rings. The molecule has 2 unspecified atom stereocenters. The largest absolute Gasteiger partial charge is 0.392 e. The van der Waals surface area contributed by atoms with Crippen molar-refractivity contribution in [1.82, 2.24) is 9.80 Å². The number of fused-ring (bicyclic) bond motifs is 1. The third-order valence-electron chi connectivity index (χ3n) is 3.98. The van der Waals surface area contributed by atoms with Crippen LogP contribution in [0, 0.1) is 0 Å². The molecule has 2 aliphatic rings. The first kappa shape index (κ1) is 12.3. The summed E-state index contributed by atoms with van der Waals surface area (Å²) in [6, 6.07) is 0.774. The van der Waals surface area contributed by atoms with E-state index >= 15 is 0 Å². The number of β-amino-alcohol motifs (C(OH)–C–C–N with tert-alkyl or cyclic N) is 1. The van der Waals surface area contributed by atoms with E-state index in [4.69, 9.17) is 0 Å². The molecular formula is C13H26N2O. The zero-order valence-electron chi connectivity index (χ0n) is 10.6. The highest BCUT2D eigenvalue weighted by atomic mass is 16.3. The fraction of sp³-hybridized carbons (Fsp3) is 1.00. The summed E-state index contributed by atoms with van der Waals surface area (Å²) < 4.78 is 0. The Labute approximate surface area is 99.4 Å². The van der Waals surface area contributed by atoms with Crippen molar-refractivity contribution in [3.8, 4) is 0 Å². The minimum atomic E-state index is -0.113. The molecule has 0 bridgehead atoms. The van der Waals surface area contributed by atoms with Crippen molar-refractivity contribution >= 4 is 0 Å². The van der Waals surface area contributed by atoms with Crippen LogP contribution in [0.5, 0.6) is 0 Å². The first-order valence-electron chi connectivity index (χ1n) is 6.94. The Morgan fingerprint density at radius 3 is 2.88 bits per heavy atom. The number of hydrogen-bond acceptors (Lipinski definition) is 3. The lowest BCUT2D eigenvalue weighted by atomic mass is 10.1. The van der Waals surface area contributed by atoms with Crippen LogP contribution in [-0.2, 0) is 0 Å². The predicted molar refractivity (Wildman–Crippen MR) is 66.6 cm³/mol. The van der Waals surface area contributed by atoms with E-state index in [0.717, 1.165) is 25.4 Å². The van der Waals surface area contributed by atoms with Gasteiger partial charge in [0.25, 0.3) is 0 Å². The smallest absolute Gasteiger partial charge is 0.0667 e. The normalized spacial score (nSPS) is 30.0. The highest BCUT2D eigenvalue weighted by Crippen LogP contribution is 2.21. The van der Waals surface area contributed by atoms with Crippen LogP contribution in [-0.4, -0.2) is 59.8 Å². The molecular weight excluding hydrogens is 200 g/mol. The Morgan fingerprint density at radius 1 is 1.25 bits per heavy atom. The summed E-state index contributed by atoms with van der Waals surface area (Å²) in [4.78, 5) is 5.13. The first-order chi connectivity index (χ1) is 7.79. The van der Waals surface area contributed by atoms with Crippen LogP contribution in [0.4, 0.5) is 0 Å². The third kappa shape index (κ3) is 3.19. The predicted octanol–water partition coefficient (Wildman–Crippen LogP) is 1.32. The van der Waals surface area contributed by atoms with Gasteiger partial charge in [-0.1, -0.05) is 13.3 Å². The van der Waals surface area contributed by atoms with E-state index in [1.54, 1.807) is 0 Å². The molecule has 2 aliphatic heterocycles. The number of nitrogens with zero attached hydrogens (tertiary/aromatic N) is 2. The van der Waals surface area contributed by atoms with Crippen molar-refractivity contribution in [2.24, 2.45) is 0 Å². The fourth-order valence-electron chi connectivity index (χ4n) is 3.17. The minimum absolute atomic E-state index is 0.113. The first-order valence-corrected chi connectivity index (χ1v) is 6.94. The maximum atomic E-state index is 9.88.